The van der Waals surface area contributed by atoms with E-state index in [1.165, 1.54) is 18.2 Å². The molecule has 2 amide bonds. The fraction of sp³-hybridized carbons (Fsp3) is 0.167. The highest BCUT2D eigenvalue weighted by Gasteiger charge is 2.14. The molecule has 0 heterocycles. The molecule has 6 nitrogen and oxygen atoms in total. The second-order valence-electron chi connectivity index (χ2n) is 5.00. The van der Waals surface area contributed by atoms with Crippen LogP contribution >= 0.6 is 0 Å². The standard InChI is InChI=1S/C18H17FN2O4/c1-2-25-18(24)14-5-3-4-6-15(14)21-16(22)11-20-17(23)12-7-9-13(19)10-8-12/h3-10H,2,11H2,1H3,(H,20,23)(H,21,22). The SMILES string of the molecule is CCOC(=O)c1ccccc1NC(=O)CNC(=O)c1ccc(F)cc1. The molecule has 2 rings (SSSR count). The second-order valence-corrected chi connectivity index (χ2v) is 5.00. The van der Waals surface area contributed by atoms with Crippen LogP contribution in [0.1, 0.15) is 27.6 Å². The average Bonchev–Trinajstić information content (AvgIpc) is 2.61. The molecule has 2 aromatic rings. The summed E-state index contributed by atoms with van der Waals surface area (Å²) in [6.45, 7) is 1.60. The Morgan fingerprint density at radius 1 is 1.04 bits per heavy atom. The van der Waals surface area contributed by atoms with Crippen molar-refractivity contribution in [3.05, 3.63) is 65.5 Å². The molecule has 0 atom stereocenters. The molecule has 2 N–H and O–H groups in total. The largest absolute Gasteiger partial charge is 0.462 e. The lowest BCUT2D eigenvalue weighted by Gasteiger charge is -2.11. The van der Waals surface area contributed by atoms with Crippen LogP contribution in [0.25, 0.3) is 0 Å². The Labute approximate surface area is 144 Å². The van der Waals surface area contributed by atoms with Gasteiger partial charge in [0.2, 0.25) is 5.91 Å². The summed E-state index contributed by atoms with van der Waals surface area (Å²) in [6, 6.07) is 11.4. The highest BCUT2D eigenvalue weighted by Crippen LogP contribution is 2.16. The third-order valence-corrected chi connectivity index (χ3v) is 3.21. The van der Waals surface area contributed by atoms with Crippen molar-refractivity contribution in [1.82, 2.24) is 5.32 Å². The van der Waals surface area contributed by atoms with Crippen LogP contribution in [0.2, 0.25) is 0 Å². The van der Waals surface area contributed by atoms with E-state index >= 15 is 0 Å². The van der Waals surface area contributed by atoms with E-state index in [0.29, 0.717) is 5.69 Å². The first-order chi connectivity index (χ1) is 12.0. The molecular weight excluding hydrogens is 327 g/mol. The van der Waals surface area contributed by atoms with Crippen LogP contribution in [-0.4, -0.2) is 30.9 Å². The van der Waals surface area contributed by atoms with Gasteiger partial charge in [-0.25, -0.2) is 9.18 Å². The molecule has 2 aromatic carbocycles. The Hall–Kier alpha value is -3.22. The third kappa shape index (κ3) is 5.13. The number of anilines is 1. The predicted octanol–water partition coefficient (Wildman–Crippen LogP) is 2.37. The predicted molar refractivity (Wildman–Crippen MR) is 89.8 cm³/mol. The van der Waals surface area contributed by atoms with Gasteiger partial charge in [0.05, 0.1) is 24.4 Å². The molecular formula is C18H17FN2O4. The maximum atomic E-state index is 12.8. The summed E-state index contributed by atoms with van der Waals surface area (Å²) in [6.07, 6.45) is 0. The Morgan fingerprint density at radius 2 is 1.72 bits per heavy atom. The number of rotatable bonds is 6. The maximum absolute atomic E-state index is 12.8. The Morgan fingerprint density at radius 3 is 2.40 bits per heavy atom. The summed E-state index contributed by atoms with van der Waals surface area (Å²) in [4.78, 5) is 35.7. The van der Waals surface area contributed by atoms with Crippen molar-refractivity contribution in [2.24, 2.45) is 0 Å². The lowest BCUT2D eigenvalue weighted by Crippen LogP contribution is -2.33. The zero-order valence-corrected chi connectivity index (χ0v) is 13.5. The van der Waals surface area contributed by atoms with Gasteiger partial charge in [-0.1, -0.05) is 12.1 Å². The van der Waals surface area contributed by atoms with Crippen LogP contribution in [-0.2, 0) is 9.53 Å². The molecule has 0 radical (unpaired) electrons. The maximum Gasteiger partial charge on any atom is 0.340 e. The van der Waals surface area contributed by atoms with E-state index in [-0.39, 0.29) is 24.3 Å². The molecule has 7 heteroatoms. The van der Waals surface area contributed by atoms with Crippen LogP contribution in [0.4, 0.5) is 10.1 Å². The molecule has 25 heavy (non-hydrogen) atoms. The van der Waals surface area contributed by atoms with E-state index in [1.807, 2.05) is 0 Å². The summed E-state index contributed by atoms with van der Waals surface area (Å²) in [5.74, 6) is -2.01. The number of benzene rings is 2. The van der Waals surface area contributed by atoms with Gasteiger partial charge in [-0.2, -0.15) is 0 Å². The fourth-order valence-electron chi connectivity index (χ4n) is 2.04. The fourth-order valence-corrected chi connectivity index (χ4v) is 2.04. The van der Waals surface area contributed by atoms with Gasteiger partial charge in [0.1, 0.15) is 5.82 Å². The number of para-hydroxylation sites is 1. The number of ether oxygens (including phenoxy) is 1. The van der Waals surface area contributed by atoms with Gasteiger partial charge in [0.25, 0.3) is 5.91 Å². The van der Waals surface area contributed by atoms with Gasteiger partial charge in [-0.3, -0.25) is 9.59 Å². The molecule has 0 spiro atoms. The molecule has 0 fully saturated rings. The van der Waals surface area contributed by atoms with E-state index in [9.17, 15) is 18.8 Å². The van der Waals surface area contributed by atoms with Crippen molar-refractivity contribution in [2.75, 3.05) is 18.5 Å². The van der Waals surface area contributed by atoms with Gasteiger partial charge < -0.3 is 15.4 Å². The highest BCUT2D eigenvalue weighted by atomic mass is 19.1. The Balaban J connectivity index is 1.95. The van der Waals surface area contributed by atoms with Gasteiger partial charge in [0.15, 0.2) is 0 Å². The van der Waals surface area contributed by atoms with Crippen molar-refractivity contribution >= 4 is 23.5 Å². The number of halogens is 1. The van der Waals surface area contributed by atoms with Crippen molar-refractivity contribution in [3.8, 4) is 0 Å². The number of hydrogen-bond donors (Lipinski definition) is 2. The van der Waals surface area contributed by atoms with Crippen molar-refractivity contribution < 1.29 is 23.5 Å². The topological polar surface area (TPSA) is 84.5 Å². The zero-order valence-electron chi connectivity index (χ0n) is 13.5. The second kappa shape index (κ2) is 8.58. The lowest BCUT2D eigenvalue weighted by atomic mass is 10.2. The van der Waals surface area contributed by atoms with E-state index in [4.69, 9.17) is 4.74 Å². The lowest BCUT2D eigenvalue weighted by molar-refractivity contribution is -0.115. The van der Waals surface area contributed by atoms with E-state index in [1.54, 1.807) is 25.1 Å². The van der Waals surface area contributed by atoms with Gasteiger partial charge >= 0.3 is 5.97 Å². The molecule has 0 saturated heterocycles. The van der Waals surface area contributed by atoms with Gasteiger partial charge in [-0.15, -0.1) is 0 Å². The Kier molecular flexibility index (Phi) is 6.22. The number of nitrogens with one attached hydrogen (secondary N) is 2. The molecule has 0 aliphatic rings. The van der Waals surface area contributed by atoms with Crippen LogP contribution in [0.15, 0.2) is 48.5 Å². The number of amides is 2. The van der Waals surface area contributed by atoms with Gasteiger partial charge in [-0.05, 0) is 43.3 Å². The van der Waals surface area contributed by atoms with Crippen LogP contribution in [0.5, 0.6) is 0 Å². The number of carbonyl (C=O) groups excluding carboxylic acids is 3. The summed E-state index contributed by atoms with van der Waals surface area (Å²) >= 11 is 0. The summed E-state index contributed by atoms with van der Waals surface area (Å²) < 4.78 is 17.8. The molecule has 0 aliphatic carbocycles. The first-order valence-electron chi connectivity index (χ1n) is 7.61. The molecule has 130 valence electrons. The van der Waals surface area contributed by atoms with Crippen molar-refractivity contribution in [1.29, 1.82) is 0 Å². The summed E-state index contributed by atoms with van der Waals surface area (Å²) in [5, 5.41) is 4.97. The van der Waals surface area contributed by atoms with Crippen LogP contribution in [0, 0.1) is 5.82 Å². The third-order valence-electron chi connectivity index (χ3n) is 3.21. The number of hydrogen-bond acceptors (Lipinski definition) is 4. The van der Waals surface area contributed by atoms with Gasteiger partial charge in [0, 0.05) is 5.56 Å². The van der Waals surface area contributed by atoms with Crippen molar-refractivity contribution in [3.63, 3.8) is 0 Å². The van der Waals surface area contributed by atoms with E-state index in [0.717, 1.165) is 12.1 Å². The monoisotopic (exact) mass is 344 g/mol. The zero-order chi connectivity index (χ0) is 18.2. The first kappa shape index (κ1) is 18.1. The molecule has 0 aromatic heterocycles. The van der Waals surface area contributed by atoms with E-state index < -0.39 is 23.6 Å². The average molecular weight is 344 g/mol. The first-order valence-corrected chi connectivity index (χ1v) is 7.61. The smallest absolute Gasteiger partial charge is 0.340 e. The normalized spacial score (nSPS) is 10.0. The molecule has 0 unspecified atom stereocenters. The number of esters is 1. The minimum Gasteiger partial charge on any atom is -0.462 e. The van der Waals surface area contributed by atoms with Crippen molar-refractivity contribution in [2.45, 2.75) is 6.92 Å². The summed E-state index contributed by atoms with van der Waals surface area (Å²) in [7, 11) is 0. The van der Waals surface area contributed by atoms with Crippen LogP contribution < -0.4 is 10.6 Å². The quantitative estimate of drug-likeness (QED) is 0.788. The highest BCUT2D eigenvalue weighted by molar-refractivity contribution is 6.03. The number of carbonyl (C=O) groups is 3. The minimum absolute atomic E-state index is 0.217. The van der Waals surface area contributed by atoms with E-state index in [2.05, 4.69) is 10.6 Å². The summed E-state index contributed by atoms with van der Waals surface area (Å²) in [5.41, 5.74) is 0.755. The molecule has 0 saturated carbocycles. The van der Waals surface area contributed by atoms with Crippen LogP contribution in [0.3, 0.4) is 0 Å². The molecule has 0 aliphatic heterocycles. The molecule has 0 bridgehead atoms. The Bertz CT molecular complexity index is 775. The minimum atomic E-state index is -0.547.